The molecule has 4 heteroatoms. The monoisotopic (exact) mass is 295 g/mol. The lowest BCUT2D eigenvalue weighted by Crippen LogP contribution is -2.29. The lowest BCUT2D eigenvalue weighted by atomic mass is 10.1. The van der Waals surface area contributed by atoms with Crippen LogP contribution in [0.1, 0.15) is 35.3 Å². The highest BCUT2D eigenvalue weighted by Crippen LogP contribution is 2.19. The molecule has 0 aliphatic carbocycles. The molecule has 1 aromatic carbocycles. The summed E-state index contributed by atoms with van der Waals surface area (Å²) in [6.07, 6.45) is 5.57. The van der Waals surface area contributed by atoms with E-state index >= 15 is 0 Å². The van der Waals surface area contributed by atoms with Gasteiger partial charge in [-0.25, -0.2) is 4.98 Å². The third-order valence-corrected chi connectivity index (χ3v) is 3.98. The summed E-state index contributed by atoms with van der Waals surface area (Å²) in [7, 11) is 0. The van der Waals surface area contributed by atoms with Gasteiger partial charge in [0.25, 0.3) is 5.91 Å². The minimum Gasteiger partial charge on any atom is -0.370 e. The van der Waals surface area contributed by atoms with E-state index in [-0.39, 0.29) is 5.91 Å². The van der Waals surface area contributed by atoms with Crippen molar-refractivity contribution < 1.29 is 4.79 Å². The highest BCUT2D eigenvalue weighted by atomic mass is 16.1. The summed E-state index contributed by atoms with van der Waals surface area (Å²) in [5.74, 6) is -0.171. The van der Waals surface area contributed by atoms with Crippen molar-refractivity contribution in [3.05, 3.63) is 53.9 Å². The number of piperidine rings is 1. The van der Waals surface area contributed by atoms with Crippen LogP contribution in [0, 0.1) is 6.92 Å². The van der Waals surface area contributed by atoms with E-state index in [4.69, 9.17) is 0 Å². The zero-order valence-electron chi connectivity index (χ0n) is 12.9. The summed E-state index contributed by atoms with van der Waals surface area (Å²) in [5, 5.41) is 2.88. The van der Waals surface area contributed by atoms with Crippen LogP contribution in [0.25, 0.3) is 0 Å². The van der Waals surface area contributed by atoms with E-state index in [1.807, 2.05) is 37.3 Å². The summed E-state index contributed by atoms with van der Waals surface area (Å²) in [6, 6.07) is 11.5. The van der Waals surface area contributed by atoms with Crippen molar-refractivity contribution in [2.24, 2.45) is 0 Å². The van der Waals surface area contributed by atoms with Gasteiger partial charge in [0.1, 0.15) is 5.69 Å². The summed E-state index contributed by atoms with van der Waals surface area (Å²) in [4.78, 5) is 18.9. The minimum atomic E-state index is -0.171. The molecular weight excluding hydrogens is 274 g/mol. The number of nitrogens with one attached hydrogen (secondary N) is 1. The van der Waals surface area contributed by atoms with Gasteiger partial charge in [-0.1, -0.05) is 12.1 Å². The molecule has 22 heavy (non-hydrogen) atoms. The molecule has 0 unspecified atom stereocenters. The zero-order chi connectivity index (χ0) is 15.4. The Hall–Kier alpha value is -2.36. The second-order valence-electron chi connectivity index (χ2n) is 5.77. The van der Waals surface area contributed by atoms with Crippen LogP contribution < -0.4 is 10.2 Å². The number of rotatable bonds is 3. The predicted molar refractivity (Wildman–Crippen MR) is 89.4 cm³/mol. The maximum absolute atomic E-state index is 12.2. The average molecular weight is 295 g/mol. The van der Waals surface area contributed by atoms with Crippen molar-refractivity contribution in [3.63, 3.8) is 0 Å². The van der Waals surface area contributed by atoms with Crippen LogP contribution in [0.4, 0.5) is 11.4 Å². The molecule has 1 saturated heterocycles. The van der Waals surface area contributed by atoms with Crippen LogP contribution in [0.5, 0.6) is 0 Å². The normalized spacial score (nSPS) is 14.7. The van der Waals surface area contributed by atoms with Gasteiger partial charge in [-0.15, -0.1) is 0 Å². The van der Waals surface area contributed by atoms with E-state index in [2.05, 4.69) is 15.2 Å². The molecule has 2 aromatic rings. The summed E-state index contributed by atoms with van der Waals surface area (Å²) >= 11 is 0. The maximum atomic E-state index is 12.2. The third kappa shape index (κ3) is 3.45. The fraction of sp³-hybridized carbons (Fsp3) is 0.333. The minimum absolute atomic E-state index is 0.171. The van der Waals surface area contributed by atoms with E-state index in [0.29, 0.717) is 5.69 Å². The Balaban J connectivity index is 1.68. The fourth-order valence-corrected chi connectivity index (χ4v) is 2.78. The number of nitrogens with zero attached hydrogens (tertiary/aromatic N) is 2. The lowest BCUT2D eigenvalue weighted by molar-refractivity contribution is 0.102. The summed E-state index contributed by atoms with van der Waals surface area (Å²) in [5.41, 5.74) is 3.46. The largest absolute Gasteiger partial charge is 0.370 e. The van der Waals surface area contributed by atoms with Crippen LogP contribution in [0.15, 0.2) is 42.6 Å². The first kappa shape index (κ1) is 14.6. The molecule has 3 rings (SSSR count). The van der Waals surface area contributed by atoms with Gasteiger partial charge < -0.3 is 10.2 Å². The number of benzene rings is 1. The molecule has 1 N–H and O–H groups in total. The Morgan fingerprint density at radius 2 is 1.95 bits per heavy atom. The molecule has 0 spiro atoms. The first-order valence-electron chi connectivity index (χ1n) is 7.81. The van der Waals surface area contributed by atoms with Gasteiger partial charge in [-0.2, -0.15) is 0 Å². The van der Waals surface area contributed by atoms with E-state index in [1.54, 1.807) is 12.3 Å². The van der Waals surface area contributed by atoms with Crippen molar-refractivity contribution in [2.75, 3.05) is 23.3 Å². The van der Waals surface area contributed by atoms with Crippen molar-refractivity contribution in [2.45, 2.75) is 26.2 Å². The van der Waals surface area contributed by atoms with Crippen molar-refractivity contribution in [3.8, 4) is 0 Å². The topological polar surface area (TPSA) is 45.2 Å². The second-order valence-corrected chi connectivity index (χ2v) is 5.77. The SMILES string of the molecule is Cc1cccc(NC(=O)c2ccc(N3CCCCC3)cn2)c1. The summed E-state index contributed by atoms with van der Waals surface area (Å²) in [6.45, 7) is 4.16. The average Bonchev–Trinajstić information content (AvgIpc) is 2.56. The smallest absolute Gasteiger partial charge is 0.274 e. The van der Waals surface area contributed by atoms with Crippen molar-refractivity contribution in [1.82, 2.24) is 4.98 Å². The summed E-state index contributed by atoms with van der Waals surface area (Å²) < 4.78 is 0. The molecule has 1 aliphatic rings. The molecule has 0 atom stereocenters. The van der Waals surface area contributed by atoms with Gasteiger partial charge in [-0.3, -0.25) is 4.79 Å². The highest BCUT2D eigenvalue weighted by Gasteiger charge is 2.13. The first-order chi connectivity index (χ1) is 10.7. The van der Waals surface area contributed by atoms with Gasteiger partial charge in [0, 0.05) is 18.8 Å². The number of hydrogen-bond donors (Lipinski definition) is 1. The lowest BCUT2D eigenvalue weighted by Gasteiger charge is -2.28. The third-order valence-electron chi connectivity index (χ3n) is 3.98. The molecule has 1 aliphatic heterocycles. The predicted octanol–water partition coefficient (Wildman–Crippen LogP) is 3.63. The second kappa shape index (κ2) is 6.60. The highest BCUT2D eigenvalue weighted by molar-refractivity contribution is 6.02. The number of carbonyl (C=O) groups is 1. The maximum Gasteiger partial charge on any atom is 0.274 e. The van der Waals surface area contributed by atoms with Crippen LogP contribution in [-0.2, 0) is 0 Å². The van der Waals surface area contributed by atoms with Crippen molar-refractivity contribution >= 4 is 17.3 Å². The number of anilines is 2. The first-order valence-corrected chi connectivity index (χ1v) is 7.81. The van der Waals surface area contributed by atoms with Crippen LogP contribution in [-0.4, -0.2) is 24.0 Å². The van der Waals surface area contributed by atoms with Gasteiger partial charge in [-0.05, 0) is 56.0 Å². The van der Waals surface area contributed by atoms with Gasteiger partial charge in [0.2, 0.25) is 0 Å². The van der Waals surface area contributed by atoms with Crippen LogP contribution in [0.2, 0.25) is 0 Å². The molecular formula is C18H21N3O. The molecule has 4 nitrogen and oxygen atoms in total. The number of pyridine rings is 1. The fourth-order valence-electron chi connectivity index (χ4n) is 2.78. The van der Waals surface area contributed by atoms with Crippen molar-refractivity contribution in [1.29, 1.82) is 0 Å². The number of aromatic nitrogens is 1. The van der Waals surface area contributed by atoms with Crippen LogP contribution >= 0.6 is 0 Å². The van der Waals surface area contributed by atoms with Gasteiger partial charge in [0.15, 0.2) is 0 Å². The molecule has 1 aromatic heterocycles. The number of aryl methyl sites for hydroxylation is 1. The molecule has 0 saturated carbocycles. The Labute approximate surface area is 131 Å². The molecule has 1 fully saturated rings. The van der Waals surface area contributed by atoms with Crippen LogP contribution in [0.3, 0.4) is 0 Å². The Kier molecular flexibility index (Phi) is 4.37. The molecule has 114 valence electrons. The molecule has 0 radical (unpaired) electrons. The molecule has 2 heterocycles. The molecule has 1 amide bonds. The van der Waals surface area contributed by atoms with E-state index in [9.17, 15) is 4.79 Å². The van der Waals surface area contributed by atoms with Gasteiger partial charge >= 0.3 is 0 Å². The standard InChI is InChI=1S/C18H21N3O/c1-14-6-5-7-15(12-14)20-18(22)17-9-8-16(13-19-17)21-10-3-2-4-11-21/h5-9,12-13H,2-4,10-11H2,1H3,(H,20,22). The Morgan fingerprint density at radius 1 is 1.14 bits per heavy atom. The zero-order valence-corrected chi connectivity index (χ0v) is 12.9. The number of hydrogen-bond acceptors (Lipinski definition) is 3. The Morgan fingerprint density at radius 3 is 2.64 bits per heavy atom. The van der Waals surface area contributed by atoms with Gasteiger partial charge in [0.05, 0.1) is 11.9 Å². The Bertz CT molecular complexity index is 646. The number of carbonyl (C=O) groups excluding carboxylic acids is 1. The quantitative estimate of drug-likeness (QED) is 0.940. The number of amides is 1. The van der Waals surface area contributed by atoms with E-state index in [0.717, 1.165) is 30.0 Å². The molecule has 0 bridgehead atoms. The van der Waals surface area contributed by atoms with E-state index in [1.165, 1.54) is 19.3 Å². The van der Waals surface area contributed by atoms with E-state index < -0.39 is 0 Å².